The van der Waals surface area contributed by atoms with E-state index in [0.29, 0.717) is 0 Å². The van der Waals surface area contributed by atoms with Crippen molar-refractivity contribution in [2.45, 2.75) is 6.04 Å². The number of nitrogens with one attached hydrogen (secondary N) is 1. The molecule has 1 unspecified atom stereocenters. The van der Waals surface area contributed by atoms with Gasteiger partial charge in [0.15, 0.2) is 0 Å². The minimum atomic E-state index is -3.16. The largest absolute Gasteiger partial charge is 0.480 e. The van der Waals surface area contributed by atoms with Gasteiger partial charge in [-0.25, -0.2) is 8.42 Å². The molecule has 0 spiro atoms. The molecule has 1 atom stereocenters. The van der Waals surface area contributed by atoms with Crippen molar-refractivity contribution in [3.63, 3.8) is 0 Å². The summed E-state index contributed by atoms with van der Waals surface area (Å²) in [5.74, 6) is -1.50. The van der Waals surface area contributed by atoms with Crippen molar-refractivity contribution in [3.8, 4) is 0 Å². The minimum absolute atomic E-state index is 0.0118. The van der Waals surface area contributed by atoms with Crippen LogP contribution in [0, 0.1) is 0 Å². The highest BCUT2D eigenvalue weighted by atomic mass is 32.2. The predicted molar refractivity (Wildman–Crippen MR) is 55.7 cm³/mol. The van der Waals surface area contributed by atoms with Crippen molar-refractivity contribution in [2.24, 2.45) is 0 Å². The number of hydrogen-bond acceptors (Lipinski definition) is 5. The minimum Gasteiger partial charge on any atom is -0.480 e. The Kier molecular flexibility index (Phi) is 3.87. The highest BCUT2D eigenvalue weighted by Gasteiger charge is 2.31. The lowest BCUT2D eigenvalue weighted by Gasteiger charge is -2.32. The number of carbonyl (C=O) groups is 2. The number of piperazine rings is 1. The van der Waals surface area contributed by atoms with Crippen LogP contribution in [-0.2, 0) is 19.4 Å². The number of amides is 1. The van der Waals surface area contributed by atoms with E-state index < -0.39 is 21.8 Å². The molecule has 0 bridgehead atoms. The second-order valence-corrected chi connectivity index (χ2v) is 6.02. The molecule has 16 heavy (non-hydrogen) atoms. The number of carboxylic acid groups (broad SMARTS) is 1. The molecular formula is C8H14N2O5S. The van der Waals surface area contributed by atoms with E-state index in [9.17, 15) is 18.0 Å². The van der Waals surface area contributed by atoms with Crippen LogP contribution < -0.4 is 5.32 Å². The molecule has 0 aromatic rings. The Hall–Kier alpha value is -1.15. The summed E-state index contributed by atoms with van der Waals surface area (Å²) in [6.07, 6.45) is 1.08. The van der Waals surface area contributed by atoms with E-state index >= 15 is 0 Å². The van der Waals surface area contributed by atoms with Gasteiger partial charge < -0.3 is 10.4 Å². The summed E-state index contributed by atoms with van der Waals surface area (Å²) in [6, 6.07) is -0.848. The maximum Gasteiger partial charge on any atom is 0.322 e. The zero-order valence-corrected chi connectivity index (χ0v) is 9.66. The Bertz CT molecular complexity index is 391. The molecule has 1 saturated heterocycles. The quantitative estimate of drug-likeness (QED) is 0.593. The fourth-order valence-electron chi connectivity index (χ4n) is 1.45. The molecule has 7 nitrogen and oxygen atoms in total. The maximum atomic E-state index is 11.1. The Labute approximate surface area is 93.3 Å². The standard InChI is InChI=1S/C8H14N2O5S/c1-16(14,15)3-2-10-5-7(11)9-4-6(10)8(12)13/h6H,2-5H2,1H3,(H,9,11)(H,12,13). The number of carboxylic acids is 1. The number of aliphatic carboxylic acids is 1. The SMILES string of the molecule is CS(=O)(=O)CCN1CC(=O)NCC1C(=O)O. The summed E-state index contributed by atoms with van der Waals surface area (Å²) in [5.41, 5.74) is 0. The van der Waals surface area contributed by atoms with E-state index in [1.807, 2.05) is 0 Å². The normalized spacial score (nSPS) is 22.8. The first-order chi connectivity index (χ1) is 7.29. The first-order valence-corrected chi connectivity index (χ1v) is 6.77. The number of carbonyl (C=O) groups excluding carboxylic acids is 1. The predicted octanol–water partition coefficient (Wildman–Crippen LogP) is -2.08. The summed E-state index contributed by atoms with van der Waals surface area (Å²) in [5, 5.41) is 11.3. The summed E-state index contributed by atoms with van der Waals surface area (Å²) in [7, 11) is -3.16. The monoisotopic (exact) mass is 250 g/mol. The smallest absolute Gasteiger partial charge is 0.322 e. The number of sulfone groups is 1. The number of rotatable bonds is 4. The van der Waals surface area contributed by atoms with Crippen molar-refractivity contribution in [1.29, 1.82) is 0 Å². The Morgan fingerprint density at radius 1 is 1.62 bits per heavy atom. The van der Waals surface area contributed by atoms with Crippen LogP contribution in [0.15, 0.2) is 0 Å². The number of nitrogens with zero attached hydrogens (tertiary/aromatic N) is 1. The summed E-state index contributed by atoms with van der Waals surface area (Å²) in [4.78, 5) is 23.3. The van der Waals surface area contributed by atoms with E-state index in [4.69, 9.17) is 5.11 Å². The first-order valence-electron chi connectivity index (χ1n) is 4.71. The third-order valence-corrected chi connectivity index (χ3v) is 3.24. The highest BCUT2D eigenvalue weighted by molar-refractivity contribution is 7.90. The van der Waals surface area contributed by atoms with E-state index in [0.717, 1.165) is 6.26 Å². The molecule has 1 amide bonds. The molecule has 2 N–H and O–H groups in total. The lowest BCUT2D eigenvalue weighted by atomic mass is 10.2. The summed E-state index contributed by atoms with van der Waals surface area (Å²) in [6.45, 7) is -0.00631. The molecule has 1 heterocycles. The Balaban J connectivity index is 2.65. The third kappa shape index (κ3) is 3.78. The number of hydrogen-bond donors (Lipinski definition) is 2. The van der Waals surface area contributed by atoms with Crippen LogP contribution in [0.25, 0.3) is 0 Å². The zero-order chi connectivity index (χ0) is 12.3. The molecule has 0 radical (unpaired) electrons. The van der Waals surface area contributed by atoms with Gasteiger partial charge in [-0.1, -0.05) is 0 Å². The van der Waals surface area contributed by atoms with Crippen LogP contribution in [0.4, 0.5) is 0 Å². The van der Waals surface area contributed by atoms with Gasteiger partial charge in [-0.3, -0.25) is 14.5 Å². The summed E-state index contributed by atoms with van der Waals surface area (Å²) >= 11 is 0. The molecule has 0 saturated carbocycles. The van der Waals surface area contributed by atoms with Crippen LogP contribution in [0.3, 0.4) is 0 Å². The Morgan fingerprint density at radius 3 is 2.75 bits per heavy atom. The molecule has 1 aliphatic heterocycles. The van der Waals surface area contributed by atoms with Crippen LogP contribution in [0.2, 0.25) is 0 Å². The van der Waals surface area contributed by atoms with E-state index in [1.165, 1.54) is 4.90 Å². The van der Waals surface area contributed by atoms with Crippen molar-refractivity contribution >= 4 is 21.7 Å². The van der Waals surface area contributed by atoms with Gasteiger partial charge in [-0.15, -0.1) is 0 Å². The lowest BCUT2D eigenvalue weighted by Crippen LogP contribution is -2.58. The molecule has 0 aromatic carbocycles. The zero-order valence-electron chi connectivity index (χ0n) is 8.84. The molecule has 8 heteroatoms. The average molecular weight is 250 g/mol. The fourth-order valence-corrected chi connectivity index (χ4v) is 2.02. The van der Waals surface area contributed by atoms with Crippen LogP contribution in [0.5, 0.6) is 0 Å². The van der Waals surface area contributed by atoms with Gasteiger partial charge in [-0.05, 0) is 0 Å². The lowest BCUT2D eigenvalue weighted by molar-refractivity contribution is -0.145. The van der Waals surface area contributed by atoms with E-state index in [2.05, 4.69) is 5.32 Å². The highest BCUT2D eigenvalue weighted by Crippen LogP contribution is 2.04. The molecule has 0 aromatic heterocycles. The van der Waals surface area contributed by atoms with Gasteiger partial charge in [0.2, 0.25) is 5.91 Å². The fraction of sp³-hybridized carbons (Fsp3) is 0.750. The second kappa shape index (κ2) is 4.79. The van der Waals surface area contributed by atoms with Gasteiger partial charge >= 0.3 is 5.97 Å². The van der Waals surface area contributed by atoms with E-state index in [-0.39, 0.29) is 31.3 Å². The van der Waals surface area contributed by atoms with Gasteiger partial charge in [0.25, 0.3) is 0 Å². The van der Waals surface area contributed by atoms with Crippen LogP contribution >= 0.6 is 0 Å². The first kappa shape index (κ1) is 12.9. The molecular weight excluding hydrogens is 236 g/mol. The molecule has 1 aliphatic rings. The van der Waals surface area contributed by atoms with Gasteiger partial charge in [-0.2, -0.15) is 0 Å². The Morgan fingerprint density at radius 2 is 2.25 bits per heavy atom. The molecule has 1 rings (SSSR count). The van der Waals surface area contributed by atoms with Crippen LogP contribution in [-0.4, -0.2) is 68.0 Å². The third-order valence-electron chi connectivity index (χ3n) is 2.31. The van der Waals surface area contributed by atoms with Gasteiger partial charge in [0.1, 0.15) is 15.9 Å². The summed E-state index contributed by atoms with van der Waals surface area (Å²) < 4.78 is 21.9. The van der Waals surface area contributed by atoms with Gasteiger partial charge in [0.05, 0.1) is 12.3 Å². The molecule has 92 valence electrons. The maximum absolute atomic E-state index is 11.1. The van der Waals surface area contributed by atoms with E-state index in [1.54, 1.807) is 0 Å². The van der Waals surface area contributed by atoms with Crippen molar-refractivity contribution in [1.82, 2.24) is 10.2 Å². The van der Waals surface area contributed by atoms with Crippen molar-refractivity contribution in [2.75, 3.05) is 31.6 Å². The van der Waals surface area contributed by atoms with Crippen LogP contribution in [0.1, 0.15) is 0 Å². The topological polar surface area (TPSA) is 104 Å². The average Bonchev–Trinajstić information content (AvgIpc) is 2.13. The molecule has 0 aliphatic carbocycles. The van der Waals surface area contributed by atoms with Crippen molar-refractivity contribution in [3.05, 3.63) is 0 Å². The van der Waals surface area contributed by atoms with Crippen molar-refractivity contribution < 1.29 is 23.1 Å². The second-order valence-electron chi connectivity index (χ2n) is 3.76. The molecule has 1 fully saturated rings. The van der Waals surface area contributed by atoms with Gasteiger partial charge in [0, 0.05) is 19.3 Å².